The normalized spacial score (nSPS) is 14.5. The third-order valence-electron chi connectivity index (χ3n) is 8.54. The number of benzene rings is 1. The minimum atomic E-state index is -1.95. The average molecular weight is 853 g/mol. The molecule has 1 aromatic rings. The van der Waals surface area contributed by atoms with Crippen LogP contribution < -0.4 is 43.4 Å². The third-order valence-corrected chi connectivity index (χ3v) is 8.54. The van der Waals surface area contributed by atoms with Crippen molar-refractivity contribution in [3.8, 4) is 5.75 Å². The molecule has 0 saturated heterocycles. The average Bonchev–Trinajstić information content (AvgIpc) is 3.13. The molecule has 0 aliphatic heterocycles. The third kappa shape index (κ3) is 19.4. The minimum absolute atomic E-state index is 0.0418. The van der Waals surface area contributed by atoms with Gasteiger partial charge in [-0.25, -0.2) is 4.79 Å². The number of phenols is 1. The van der Waals surface area contributed by atoms with E-state index in [2.05, 4.69) is 31.9 Å². The SMILES string of the molecule is CC(C)C[C@H](NC(=O)[C@H](CO)NC(=O)[C@H](CC(C)C)NC(=O)[C@H](Cc1ccc(O)cc1)NC(=O)[C@H](CC(=O)O)NC(=O)[C@H](CCC(N)=O)NC(=O)[C@@H](N)CC(=O)O)C(=O)O. The van der Waals surface area contributed by atoms with Crippen molar-refractivity contribution in [2.75, 3.05) is 6.61 Å². The molecular weight excluding hydrogens is 796 g/mol. The first-order valence-electron chi connectivity index (χ1n) is 18.8. The molecule has 23 nitrogen and oxygen atoms in total. The molecule has 0 spiro atoms. The Hall–Kier alpha value is -6.36. The number of aromatic hydroxyl groups is 1. The van der Waals surface area contributed by atoms with E-state index in [-0.39, 0.29) is 36.8 Å². The highest BCUT2D eigenvalue weighted by Gasteiger charge is 2.35. The second kappa shape index (κ2) is 25.2. The van der Waals surface area contributed by atoms with Crippen LogP contribution in [0.4, 0.5) is 0 Å². The van der Waals surface area contributed by atoms with Crippen LogP contribution in [-0.2, 0) is 54.4 Å². The van der Waals surface area contributed by atoms with E-state index in [0.29, 0.717) is 5.56 Å². The van der Waals surface area contributed by atoms with Gasteiger partial charge in [-0.3, -0.25) is 43.2 Å². The molecular formula is C37H56N8O15. The molecule has 60 heavy (non-hydrogen) atoms. The van der Waals surface area contributed by atoms with Crippen molar-refractivity contribution in [1.29, 1.82) is 0 Å². The van der Waals surface area contributed by atoms with E-state index < -0.39 is 134 Å². The van der Waals surface area contributed by atoms with Crippen LogP contribution in [0.15, 0.2) is 24.3 Å². The van der Waals surface area contributed by atoms with Gasteiger partial charge in [0.25, 0.3) is 0 Å². The van der Waals surface area contributed by atoms with Gasteiger partial charge in [0.05, 0.1) is 25.5 Å². The number of carbonyl (C=O) groups excluding carboxylic acids is 7. The summed E-state index contributed by atoms with van der Waals surface area (Å²) in [4.78, 5) is 126. The van der Waals surface area contributed by atoms with E-state index in [0.717, 1.165) is 0 Å². The number of rotatable bonds is 27. The summed E-state index contributed by atoms with van der Waals surface area (Å²) in [6.45, 7) is 5.89. The fourth-order valence-corrected chi connectivity index (χ4v) is 5.53. The van der Waals surface area contributed by atoms with Gasteiger partial charge in [0.15, 0.2) is 0 Å². The second-order valence-electron chi connectivity index (χ2n) is 14.8. The van der Waals surface area contributed by atoms with Gasteiger partial charge in [-0.05, 0) is 48.8 Å². The van der Waals surface area contributed by atoms with Crippen LogP contribution in [0.2, 0.25) is 0 Å². The molecule has 334 valence electrons. The number of aliphatic carboxylic acids is 3. The fraction of sp³-hybridized carbons (Fsp3) is 0.568. The lowest BCUT2D eigenvalue weighted by Gasteiger charge is -2.28. The Morgan fingerprint density at radius 1 is 0.567 bits per heavy atom. The number of carboxylic acid groups (broad SMARTS) is 3. The van der Waals surface area contributed by atoms with Gasteiger partial charge in [-0.1, -0.05) is 39.8 Å². The van der Waals surface area contributed by atoms with Crippen LogP contribution in [-0.4, -0.2) is 134 Å². The molecule has 0 bridgehead atoms. The molecule has 23 heteroatoms. The van der Waals surface area contributed by atoms with Gasteiger partial charge < -0.3 is 68.9 Å². The highest BCUT2D eigenvalue weighted by molar-refractivity contribution is 5.98. The van der Waals surface area contributed by atoms with Gasteiger partial charge in [0.1, 0.15) is 42.0 Å². The zero-order chi connectivity index (χ0) is 45.9. The Morgan fingerprint density at radius 2 is 0.983 bits per heavy atom. The molecule has 7 amide bonds. The van der Waals surface area contributed by atoms with Crippen molar-refractivity contribution in [3.05, 3.63) is 29.8 Å². The summed E-state index contributed by atoms with van der Waals surface area (Å²) >= 11 is 0. The molecule has 0 fully saturated rings. The predicted molar refractivity (Wildman–Crippen MR) is 208 cm³/mol. The number of aliphatic hydroxyl groups is 1. The Kier molecular flexibility index (Phi) is 21.7. The number of carboxylic acids is 3. The van der Waals surface area contributed by atoms with E-state index in [1.165, 1.54) is 24.3 Å². The van der Waals surface area contributed by atoms with E-state index in [1.807, 2.05) is 0 Å². The van der Waals surface area contributed by atoms with Crippen molar-refractivity contribution >= 4 is 59.3 Å². The standard InChI is InChI=1S/C37H56N8O15/c1-17(2)11-23(33(55)45-27(16-46)36(58)44-26(37(59)60)12-18(3)4)41-34(56)24(13-19-5-7-20(47)8-6-19)42-35(57)25(15-30(51)52)43-32(54)22(9-10-28(39)48)40-31(53)21(38)14-29(49)50/h5-8,17-18,21-27,46-47H,9-16,38H2,1-4H3,(H2,39,48)(H,40,53)(H,41,56)(H,42,57)(H,43,54)(H,44,58)(H,45,55)(H,49,50)(H,51,52)(H,59,60)/t21-,22-,23-,24-,25-,26-,27-/m0/s1. The number of hydrogen-bond donors (Lipinski definition) is 13. The van der Waals surface area contributed by atoms with E-state index in [1.54, 1.807) is 27.7 Å². The Bertz CT molecular complexity index is 1710. The summed E-state index contributed by atoms with van der Waals surface area (Å²) in [5, 5.41) is 61.5. The highest BCUT2D eigenvalue weighted by atomic mass is 16.4. The molecule has 1 rings (SSSR count). The molecule has 0 aliphatic carbocycles. The van der Waals surface area contributed by atoms with E-state index >= 15 is 0 Å². The van der Waals surface area contributed by atoms with Crippen LogP contribution >= 0.6 is 0 Å². The van der Waals surface area contributed by atoms with Crippen molar-refractivity contribution in [3.63, 3.8) is 0 Å². The summed E-state index contributed by atoms with van der Waals surface area (Å²) in [6, 6.07) is -5.96. The van der Waals surface area contributed by atoms with Crippen molar-refractivity contribution in [2.45, 2.75) is 115 Å². The summed E-state index contributed by atoms with van der Waals surface area (Å²) < 4.78 is 0. The first kappa shape index (κ1) is 51.7. The maximum Gasteiger partial charge on any atom is 0.326 e. The van der Waals surface area contributed by atoms with Gasteiger partial charge in [-0.15, -0.1) is 0 Å². The lowest BCUT2D eigenvalue weighted by molar-refractivity contribution is -0.143. The molecule has 0 aliphatic rings. The van der Waals surface area contributed by atoms with Crippen molar-refractivity contribution < 1.29 is 73.5 Å². The topological polar surface area (TPSA) is 396 Å². The van der Waals surface area contributed by atoms with Crippen LogP contribution in [0.25, 0.3) is 0 Å². The van der Waals surface area contributed by atoms with Gasteiger partial charge in [-0.2, -0.15) is 0 Å². The molecule has 15 N–H and O–H groups in total. The zero-order valence-electron chi connectivity index (χ0n) is 33.6. The smallest absolute Gasteiger partial charge is 0.326 e. The summed E-state index contributed by atoms with van der Waals surface area (Å²) in [6.07, 6.45) is -3.25. The minimum Gasteiger partial charge on any atom is -0.508 e. The van der Waals surface area contributed by atoms with E-state index in [9.17, 15) is 68.4 Å². The number of hydrogen-bond acceptors (Lipinski definition) is 13. The maximum atomic E-state index is 13.9. The van der Waals surface area contributed by atoms with Crippen molar-refractivity contribution in [2.24, 2.45) is 23.3 Å². The number of aliphatic hydroxyl groups excluding tert-OH is 1. The fourth-order valence-electron chi connectivity index (χ4n) is 5.53. The lowest BCUT2D eigenvalue weighted by Crippen LogP contribution is -2.60. The summed E-state index contributed by atoms with van der Waals surface area (Å²) in [5.74, 6) is -12.5. The molecule has 1 aromatic carbocycles. The largest absolute Gasteiger partial charge is 0.508 e. The number of nitrogens with one attached hydrogen (secondary N) is 6. The van der Waals surface area contributed by atoms with Crippen LogP contribution in [0.1, 0.15) is 71.8 Å². The zero-order valence-corrected chi connectivity index (χ0v) is 33.6. The molecule has 7 atom stereocenters. The highest BCUT2D eigenvalue weighted by Crippen LogP contribution is 2.14. The van der Waals surface area contributed by atoms with Crippen molar-refractivity contribution in [1.82, 2.24) is 31.9 Å². The van der Waals surface area contributed by atoms with E-state index in [4.69, 9.17) is 16.6 Å². The first-order chi connectivity index (χ1) is 27.9. The Balaban J connectivity index is 3.47. The van der Waals surface area contributed by atoms with Crippen LogP contribution in [0.5, 0.6) is 5.75 Å². The Labute approximate surface area is 344 Å². The summed E-state index contributed by atoms with van der Waals surface area (Å²) in [5.41, 5.74) is 11.1. The van der Waals surface area contributed by atoms with Crippen LogP contribution in [0, 0.1) is 11.8 Å². The number of carbonyl (C=O) groups is 10. The molecule has 0 saturated carbocycles. The number of nitrogens with two attached hydrogens (primary N) is 2. The monoisotopic (exact) mass is 852 g/mol. The molecule has 0 radical (unpaired) electrons. The van der Waals surface area contributed by atoms with Gasteiger partial charge in [0, 0.05) is 12.8 Å². The van der Waals surface area contributed by atoms with Crippen LogP contribution in [0.3, 0.4) is 0 Å². The maximum absolute atomic E-state index is 13.9. The second-order valence-corrected chi connectivity index (χ2v) is 14.8. The number of phenolic OH excluding ortho intramolecular Hbond substituents is 1. The van der Waals surface area contributed by atoms with Gasteiger partial charge in [0.2, 0.25) is 41.4 Å². The quantitative estimate of drug-likeness (QED) is 0.0409. The number of amides is 7. The first-order valence-corrected chi connectivity index (χ1v) is 18.8. The molecule has 0 aromatic heterocycles. The Morgan fingerprint density at radius 3 is 1.48 bits per heavy atom. The summed E-state index contributed by atoms with van der Waals surface area (Å²) in [7, 11) is 0. The lowest BCUT2D eigenvalue weighted by atomic mass is 10.00. The molecule has 0 heterocycles. The van der Waals surface area contributed by atoms with Gasteiger partial charge >= 0.3 is 17.9 Å². The predicted octanol–water partition coefficient (Wildman–Crippen LogP) is -3.45. The molecule has 0 unspecified atom stereocenters. The number of primary amides is 1.